The van der Waals surface area contributed by atoms with Gasteiger partial charge in [0.25, 0.3) is 0 Å². The Labute approximate surface area is 117 Å². The molecule has 1 aromatic rings. The molecule has 2 atom stereocenters. The summed E-state index contributed by atoms with van der Waals surface area (Å²) in [5, 5.41) is 21.4. The highest BCUT2D eigenvalue weighted by Gasteiger charge is 2.30. The number of nitriles is 1. The van der Waals surface area contributed by atoms with Gasteiger partial charge in [0.05, 0.1) is 5.92 Å². The van der Waals surface area contributed by atoms with Crippen LogP contribution >= 0.6 is 0 Å². The maximum atomic E-state index is 11.4. The molecule has 1 aromatic heterocycles. The van der Waals surface area contributed by atoms with Crippen molar-refractivity contribution in [3.8, 4) is 6.07 Å². The molecule has 6 nitrogen and oxygen atoms in total. The largest absolute Gasteiger partial charge is 0.481 e. The number of nitrogens with zero attached hydrogens (tertiary/aromatic N) is 3. The van der Waals surface area contributed by atoms with Gasteiger partial charge >= 0.3 is 5.97 Å². The summed E-state index contributed by atoms with van der Waals surface area (Å²) in [7, 11) is 0. The molecule has 2 N–H and O–H groups in total. The van der Waals surface area contributed by atoms with Crippen molar-refractivity contribution in [3.63, 3.8) is 0 Å². The molecule has 6 heteroatoms. The smallest absolute Gasteiger partial charge is 0.308 e. The van der Waals surface area contributed by atoms with Crippen molar-refractivity contribution in [2.45, 2.75) is 45.1 Å². The molecule has 2 unspecified atom stereocenters. The Morgan fingerprint density at radius 1 is 1.40 bits per heavy atom. The van der Waals surface area contributed by atoms with Crippen LogP contribution in [0, 0.1) is 24.2 Å². The quantitative estimate of drug-likeness (QED) is 0.819. The van der Waals surface area contributed by atoms with Crippen molar-refractivity contribution in [3.05, 3.63) is 17.5 Å². The molecule has 0 amide bonds. The van der Waals surface area contributed by atoms with Crippen molar-refractivity contribution < 1.29 is 9.90 Å². The first kappa shape index (κ1) is 14.3. The van der Waals surface area contributed by atoms with Gasteiger partial charge in [-0.25, -0.2) is 9.97 Å². The molecule has 1 aliphatic carbocycles. The first-order valence-electron chi connectivity index (χ1n) is 6.85. The molecule has 1 saturated carbocycles. The van der Waals surface area contributed by atoms with E-state index in [-0.39, 0.29) is 6.04 Å². The number of aromatic nitrogens is 2. The van der Waals surface area contributed by atoms with Crippen molar-refractivity contribution in [2.75, 3.05) is 5.32 Å². The van der Waals surface area contributed by atoms with Crippen LogP contribution in [0.2, 0.25) is 0 Å². The van der Waals surface area contributed by atoms with E-state index in [2.05, 4.69) is 15.3 Å². The van der Waals surface area contributed by atoms with Gasteiger partial charge in [-0.1, -0.05) is 19.3 Å². The normalized spacial score (nSPS) is 22.6. The third kappa shape index (κ3) is 3.44. The van der Waals surface area contributed by atoms with Gasteiger partial charge in [0.1, 0.15) is 11.8 Å². The second kappa shape index (κ2) is 6.33. The Bertz CT molecular complexity index is 538. The zero-order valence-corrected chi connectivity index (χ0v) is 11.5. The molecule has 0 saturated heterocycles. The van der Waals surface area contributed by atoms with E-state index in [1.165, 1.54) is 0 Å². The van der Waals surface area contributed by atoms with Crippen molar-refractivity contribution in [1.29, 1.82) is 5.26 Å². The topological polar surface area (TPSA) is 98.9 Å². The molecule has 0 aliphatic heterocycles. The number of carboxylic acid groups (broad SMARTS) is 1. The lowest BCUT2D eigenvalue weighted by Gasteiger charge is -2.22. The fourth-order valence-corrected chi connectivity index (χ4v) is 2.63. The van der Waals surface area contributed by atoms with E-state index >= 15 is 0 Å². The van der Waals surface area contributed by atoms with Crippen molar-refractivity contribution >= 4 is 11.9 Å². The molecule has 20 heavy (non-hydrogen) atoms. The van der Waals surface area contributed by atoms with Crippen LogP contribution in [-0.2, 0) is 4.79 Å². The molecule has 0 bridgehead atoms. The molecule has 1 heterocycles. The number of carboxylic acids is 1. The number of hydrogen-bond donors (Lipinski definition) is 2. The van der Waals surface area contributed by atoms with E-state index in [4.69, 9.17) is 5.26 Å². The predicted octanol–water partition coefficient (Wildman–Crippen LogP) is 2.10. The number of hydrogen-bond acceptors (Lipinski definition) is 5. The van der Waals surface area contributed by atoms with Crippen LogP contribution in [-0.4, -0.2) is 27.1 Å². The van der Waals surface area contributed by atoms with Gasteiger partial charge in [0.15, 0.2) is 0 Å². The summed E-state index contributed by atoms with van der Waals surface area (Å²) in [6.07, 6.45) is 4.45. The van der Waals surface area contributed by atoms with Gasteiger partial charge in [-0.15, -0.1) is 0 Å². The summed E-state index contributed by atoms with van der Waals surface area (Å²) < 4.78 is 0. The molecular weight excluding hydrogens is 256 g/mol. The van der Waals surface area contributed by atoms with Crippen LogP contribution in [0.15, 0.2) is 6.07 Å². The minimum atomic E-state index is -0.780. The number of aryl methyl sites for hydroxylation is 1. The zero-order valence-electron chi connectivity index (χ0n) is 11.5. The highest BCUT2D eigenvalue weighted by molar-refractivity contribution is 5.71. The van der Waals surface area contributed by atoms with Crippen LogP contribution in [0.5, 0.6) is 0 Å². The molecule has 0 aromatic carbocycles. The van der Waals surface area contributed by atoms with E-state index in [0.29, 0.717) is 23.8 Å². The van der Waals surface area contributed by atoms with E-state index in [1.807, 2.05) is 6.07 Å². The van der Waals surface area contributed by atoms with Gasteiger partial charge in [0, 0.05) is 11.7 Å². The van der Waals surface area contributed by atoms with Gasteiger partial charge < -0.3 is 10.4 Å². The lowest BCUT2D eigenvalue weighted by Crippen LogP contribution is -2.34. The van der Waals surface area contributed by atoms with Gasteiger partial charge in [0.2, 0.25) is 5.95 Å². The summed E-state index contributed by atoms with van der Waals surface area (Å²) in [5.74, 6) is -0.857. The van der Waals surface area contributed by atoms with Crippen LogP contribution in [0.3, 0.4) is 0 Å². The summed E-state index contributed by atoms with van der Waals surface area (Å²) in [6.45, 7) is 1.79. The Morgan fingerprint density at radius 2 is 2.15 bits per heavy atom. The Kier molecular flexibility index (Phi) is 4.51. The Balaban J connectivity index is 2.19. The number of rotatable bonds is 3. The average molecular weight is 274 g/mol. The van der Waals surface area contributed by atoms with Gasteiger partial charge in [-0.3, -0.25) is 4.79 Å². The van der Waals surface area contributed by atoms with Crippen LogP contribution in [0.1, 0.15) is 43.5 Å². The van der Waals surface area contributed by atoms with Gasteiger partial charge in [-0.05, 0) is 25.8 Å². The van der Waals surface area contributed by atoms with Crippen molar-refractivity contribution in [2.24, 2.45) is 5.92 Å². The SMILES string of the molecule is Cc1cc(C#N)nc(NC2CCCCCC2C(=O)O)n1. The second-order valence-corrected chi connectivity index (χ2v) is 5.16. The lowest BCUT2D eigenvalue weighted by molar-refractivity contribution is -0.142. The van der Waals surface area contributed by atoms with Crippen LogP contribution in [0.4, 0.5) is 5.95 Å². The fourth-order valence-electron chi connectivity index (χ4n) is 2.63. The van der Waals surface area contributed by atoms with Crippen molar-refractivity contribution in [1.82, 2.24) is 9.97 Å². The molecular formula is C14H18N4O2. The Hall–Kier alpha value is -2.16. The monoisotopic (exact) mass is 274 g/mol. The van der Waals surface area contributed by atoms with Crippen LogP contribution in [0.25, 0.3) is 0 Å². The average Bonchev–Trinajstić information content (AvgIpc) is 2.63. The highest BCUT2D eigenvalue weighted by Crippen LogP contribution is 2.26. The van der Waals surface area contributed by atoms with E-state index < -0.39 is 11.9 Å². The predicted molar refractivity (Wildman–Crippen MR) is 73.1 cm³/mol. The molecule has 0 spiro atoms. The molecule has 1 aliphatic rings. The maximum Gasteiger partial charge on any atom is 0.308 e. The summed E-state index contributed by atoms with van der Waals surface area (Å²) in [6, 6.07) is 3.41. The maximum absolute atomic E-state index is 11.4. The highest BCUT2D eigenvalue weighted by atomic mass is 16.4. The minimum Gasteiger partial charge on any atom is -0.481 e. The lowest BCUT2D eigenvalue weighted by atomic mass is 9.95. The third-order valence-electron chi connectivity index (χ3n) is 3.62. The summed E-state index contributed by atoms with van der Waals surface area (Å²) >= 11 is 0. The van der Waals surface area contributed by atoms with Crippen LogP contribution < -0.4 is 5.32 Å². The van der Waals surface area contributed by atoms with E-state index in [1.54, 1.807) is 13.0 Å². The molecule has 1 fully saturated rings. The number of carbonyl (C=O) groups is 1. The number of anilines is 1. The first-order chi connectivity index (χ1) is 9.60. The van der Waals surface area contributed by atoms with E-state index in [0.717, 1.165) is 25.7 Å². The summed E-state index contributed by atoms with van der Waals surface area (Å²) in [4.78, 5) is 19.7. The molecule has 0 radical (unpaired) electrons. The third-order valence-corrected chi connectivity index (χ3v) is 3.62. The minimum absolute atomic E-state index is 0.177. The summed E-state index contributed by atoms with van der Waals surface area (Å²) in [5.41, 5.74) is 0.986. The second-order valence-electron chi connectivity index (χ2n) is 5.16. The van der Waals surface area contributed by atoms with Gasteiger partial charge in [-0.2, -0.15) is 5.26 Å². The zero-order chi connectivity index (χ0) is 14.5. The molecule has 2 rings (SSSR count). The standard InChI is InChI=1S/C14H18N4O2/c1-9-7-10(8-15)17-14(16-9)18-12-6-4-2-3-5-11(12)13(19)20/h7,11-12H,2-6H2,1H3,(H,19,20)(H,16,17,18). The molecule has 106 valence electrons. The Morgan fingerprint density at radius 3 is 2.85 bits per heavy atom. The fraction of sp³-hybridized carbons (Fsp3) is 0.571. The number of aliphatic carboxylic acids is 1. The van der Waals surface area contributed by atoms with E-state index in [9.17, 15) is 9.90 Å². The number of nitrogens with one attached hydrogen (secondary N) is 1. The first-order valence-corrected chi connectivity index (χ1v) is 6.85.